The van der Waals surface area contributed by atoms with E-state index < -0.39 is 18.8 Å². The van der Waals surface area contributed by atoms with Crippen LogP contribution in [0.4, 0.5) is 18.9 Å². The minimum absolute atomic E-state index is 0.195. The smallest absolute Gasteiger partial charge is 0.255 e. The van der Waals surface area contributed by atoms with Crippen molar-refractivity contribution in [2.75, 3.05) is 25.5 Å². The second-order valence-electron chi connectivity index (χ2n) is 3.59. The number of halogens is 3. The zero-order valence-corrected chi connectivity index (χ0v) is 9.30. The summed E-state index contributed by atoms with van der Waals surface area (Å²) in [6.07, 6.45) is -2.47. The predicted molar refractivity (Wildman–Crippen MR) is 58.4 cm³/mol. The fourth-order valence-electron chi connectivity index (χ4n) is 1.48. The number of anilines is 1. The normalized spacial score (nSPS) is 10.9. The highest BCUT2D eigenvalue weighted by Crippen LogP contribution is 2.20. The average Bonchev–Trinajstić information content (AvgIpc) is 2.16. The average molecular weight is 232 g/mol. The molecule has 0 fully saturated rings. The molecule has 5 heteroatoms. The molecule has 0 saturated heterocycles. The topological polar surface area (TPSA) is 15.3 Å². The molecule has 1 N–H and O–H groups in total. The molecule has 0 aliphatic rings. The van der Waals surface area contributed by atoms with E-state index in [0.717, 1.165) is 5.56 Å². The molecule has 0 aliphatic carbocycles. The first-order chi connectivity index (χ1) is 7.54. The van der Waals surface area contributed by atoms with Crippen molar-refractivity contribution in [3.05, 3.63) is 29.6 Å². The van der Waals surface area contributed by atoms with Crippen LogP contribution in [0.15, 0.2) is 18.2 Å². The maximum atomic E-state index is 13.6. The molecule has 0 unspecified atom stereocenters. The van der Waals surface area contributed by atoms with Crippen molar-refractivity contribution in [2.24, 2.45) is 0 Å². The SMILES string of the molecule is CNCc1ccc(N(C)CC(F)F)c(F)c1. The van der Waals surface area contributed by atoms with Gasteiger partial charge in [-0.2, -0.15) is 0 Å². The predicted octanol–water partition coefficient (Wildman–Crippen LogP) is 2.25. The summed E-state index contributed by atoms with van der Waals surface area (Å²) in [7, 11) is 3.21. The Morgan fingerprint density at radius 1 is 1.38 bits per heavy atom. The Morgan fingerprint density at radius 3 is 2.56 bits per heavy atom. The fraction of sp³-hybridized carbons (Fsp3) is 0.455. The molecule has 1 rings (SSSR count). The first-order valence-corrected chi connectivity index (χ1v) is 4.97. The standard InChI is InChI=1S/C11H15F3N2/c1-15-6-8-3-4-10(9(12)5-8)16(2)7-11(13)14/h3-5,11,15H,6-7H2,1-2H3. The Morgan fingerprint density at radius 2 is 2.06 bits per heavy atom. The number of nitrogens with zero attached hydrogens (tertiary/aromatic N) is 1. The molecule has 0 spiro atoms. The quantitative estimate of drug-likeness (QED) is 0.837. The van der Waals surface area contributed by atoms with Gasteiger partial charge in [0.25, 0.3) is 6.43 Å². The highest BCUT2D eigenvalue weighted by Gasteiger charge is 2.12. The van der Waals surface area contributed by atoms with Crippen molar-refractivity contribution in [3.63, 3.8) is 0 Å². The van der Waals surface area contributed by atoms with Crippen LogP contribution in [0.5, 0.6) is 0 Å². The van der Waals surface area contributed by atoms with Crippen LogP contribution < -0.4 is 10.2 Å². The summed E-state index contributed by atoms with van der Waals surface area (Å²) in [4.78, 5) is 1.21. The number of hydrogen-bond donors (Lipinski definition) is 1. The van der Waals surface area contributed by atoms with Crippen molar-refractivity contribution in [3.8, 4) is 0 Å². The molecule has 2 nitrogen and oxygen atoms in total. The van der Waals surface area contributed by atoms with Crippen LogP contribution in [0.3, 0.4) is 0 Å². The third-order valence-electron chi connectivity index (χ3n) is 2.22. The van der Waals surface area contributed by atoms with Crippen LogP contribution in [-0.4, -0.2) is 27.1 Å². The molecule has 0 aliphatic heterocycles. The van der Waals surface area contributed by atoms with Crippen molar-refractivity contribution < 1.29 is 13.2 Å². The molecule has 0 amide bonds. The molecule has 16 heavy (non-hydrogen) atoms. The van der Waals surface area contributed by atoms with E-state index in [1.165, 1.54) is 24.1 Å². The van der Waals surface area contributed by atoms with Gasteiger partial charge in [-0.3, -0.25) is 0 Å². The van der Waals surface area contributed by atoms with E-state index in [0.29, 0.717) is 6.54 Å². The third-order valence-corrected chi connectivity index (χ3v) is 2.22. The van der Waals surface area contributed by atoms with Crippen molar-refractivity contribution in [1.82, 2.24) is 5.32 Å². The monoisotopic (exact) mass is 232 g/mol. The van der Waals surface area contributed by atoms with E-state index in [4.69, 9.17) is 0 Å². The van der Waals surface area contributed by atoms with Crippen LogP contribution in [0.2, 0.25) is 0 Å². The van der Waals surface area contributed by atoms with Crippen LogP contribution in [0, 0.1) is 5.82 Å². The lowest BCUT2D eigenvalue weighted by molar-refractivity contribution is 0.156. The van der Waals surface area contributed by atoms with Gasteiger partial charge in [0.1, 0.15) is 5.82 Å². The van der Waals surface area contributed by atoms with Crippen molar-refractivity contribution in [1.29, 1.82) is 0 Å². The van der Waals surface area contributed by atoms with Crippen molar-refractivity contribution in [2.45, 2.75) is 13.0 Å². The van der Waals surface area contributed by atoms with Gasteiger partial charge < -0.3 is 10.2 Å². The Hall–Kier alpha value is -1.23. The van der Waals surface area contributed by atoms with Crippen LogP contribution in [-0.2, 0) is 6.54 Å². The molecule has 0 heterocycles. The molecule has 0 radical (unpaired) electrons. The lowest BCUT2D eigenvalue weighted by atomic mass is 10.2. The second kappa shape index (κ2) is 5.75. The largest absolute Gasteiger partial charge is 0.367 e. The summed E-state index contributed by atoms with van der Waals surface area (Å²) < 4.78 is 37.8. The van der Waals surface area contributed by atoms with Gasteiger partial charge in [0.2, 0.25) is 0 Å². The van der Waals surface area contributed by atoms with Gasteiger partial charge in [-0.15, -0.1) is 0 Å². The van der Waals surface area contributed by atoms with Crippen LogP contribution in [0.25, 0.3) is 0 Å². The van der Waals surface area contributed by atoms with Gasteiger partial charge >= 0.3 is 0 Å². The van der Waals surface area contributed by atoms with E-state index in [-0.39, 0.29) is 5.69 Å². The summed E-state index contributed by atoms with van der Waals surface area (Å²) >= 11 is 0. The summed E-state index contributed by atoms with van der Waals surface area (Å²) in [5.41, 5.74) is 0.981. The molecule has 1 aromatic carbocycles. The molecule has 0 aromatic heterocycles. The van der Waals surface area contributed by atoms with Gasteiger partial charge in [0, 0.05) is 13.6 Å². The highest BCUT2D eigenvalue weighted by atomic mass is 19.3. The Kier molecular flexibility index (Phi) is 4.61. The number of alkyl halides is 2. The molecule has 1 aromatic rings. The second-order valence-corrected chi connectivity index (χ2v) is 3.59. The summed E-state index contributed by atoms with van der Waals surface area (Å²) in [5.74, 6) is -0.476. The van der Waals surface area contributed by atoms with E-state index in [9.17, 15) is 13.2 Å². The zero-order chi connectivity index (χ0) is 12.1. The van der Waals surface area contributed by atoms with E-state index >= 15 is 0 Å². The lowest BCUT2D eigenvalue weighted by Crippen LogP contribution is -2.25. The Bertz CT molecular complexity index is 342. The first kappa shape index (κ1) is 12.8. The highest BCUT2D eigenvalue weighted by molar-refractivity contribution is 5.48. The van der Waals surface area contributed by atoms with E-state index in [1.807, 2.05) is 0 Å². The summed E-state index contributed by atoms with van der Waals surface area (Å²) in [6, 6.07) is 4.59. The van der Waals surface area contributed by atoms with Crippen molar-refractivity contribution >= 4 is 5.69 Å². The number of benzene rings is 1. The minimum Gasteiger partial charge on any atom is -0.367 e. The first-order valence-electron chi connectivity index (χ1n) is 4.97. The molecular formula is C11H15F3N2. The maximum absolute atomic E-state index is 13.6. The van der Waals surface area contributed by atoms with E-state index in [2.05, 4.69) is 5.32 Å². The van der Waals surface area contributed by atoms with Gasteiger partial charge in [-0.25, -0.2) is 13.2 Å². The molecule has 0 atom stereocenters. The zero-order valence-electron chi connectivity index (χ0n) is 9.30. The summed E-state index contributed by atoms with van der Waals surface area (Å²) in [6.45, 7) is 0.0814. The minimum atomic E-state index is -2.47. The third kappa shape index (κ3) is 3.41. The number of rotatable bonds is 5. The lowest BCUT2D eigenvalue weighted by Gasteiger charge is -2.19. The fourth-order valence-corrected chi connectivity index (χ4v) is 1.48. The van der Waals surface area contributed by atoms with Crippen LogP contribution >= 0.6 is 0 Å². The van der Waals surface area contributed by atoms with Crippen LogP contribution in [0.1, 0.15) is 5.56 Å². The molecule has 0 saturated carbocycles. The van der Waals surface area contributed by atoms with Gasteiger partial charge in [-0.1, -0.05) is 6.07 Å². The number of nitrogens with one attached hydrogen (secondary N) is 1. The van der Waals surface area contributed by atoms with Gasteiger partial charge in [0.15, 0.2) is 0 Å². The maximum Gasteiger partial charge on any atom is 0.255 e. The molecule has 0 bridgehead atoms. The molecule has 90 valence electrons. The van der Waals surface area contributed by atoms with Gasteiger partial charge in [-0.05, 0) is 24.7 Å². The van der Waals surface area contributed by atoms with Gasteiger partial charge in [0.05, 0.1) is 12.2 Å². The Balaban J connectivity index is 2.81. The molecular weight excluding hydrogens is 217 g/mol. The summed E-state index contributed by atoms with van der Waals surface area (Å²) in [5, 5.41) is 2.89. The Labute approximate surface area is 93.1 Å². The van der Waals surface area contributed by atoms with E-state index in [1.54, 1.807) is 13.1 Å². The number of hydrogen-bond acceptors (Lipinski definition) is 2.